The topological polar surface area (TPSA) is 79.4 Å². The number of halogens is 1. The second-order valence-electron chi connectivity index (χ2n) is 5.25. The molecule has 0 unspecified atom stereocenters. The molecule has 1 amide bonds. The van der Waals surface area contributed by atoms with Crippen molar-refractivity contribution in [3.05, 3.63) is 29.0 Å². The van der Waals surface area contributed by atoms with Crippen molar-refractivity contribution in [3.8, 4) is 0 Å². The average Bonchev–Trinajstić information content (AvgIpc) is 2.44. The van der Waals surface area contributed by atoms with Crippen LogP contribution >= 0.6 is 11.6 Å². The summed E-state index contributed by atoms with van der Waals surface area (Å²) >= 11 is 5.80. The fourth-order valence-corrected chi connectivity index (χ4v) is 3.12. The van der Waals surface area contributed by atoms with Crippen LogP contribution in [0.25, 0.3) is 0 Å². The molecule has 1 saturated heterocycles. The number of carbonyl (C=O) groups is 1. The predicted octanol–water partition coefficient (Wildman–Crippen LogP) is 1.14. The third kappa shape index (κ3) is 4.94. The Bertz CT molecular complexity index is 621. The summed E-state index contributed by atoms with van der Waals surface area (Å²) in [6.07, 6.45) is 4.41. The van der Waals surface area contributed by atoms with Crippen LogP contribution in [0.3, 0.4) is 0 Å². The van der Waals surface area contributed by atoms with Crippen LogP contribution in [0.2, 0.25) is 5.15 Å². The van der Waals surface area contributed by atoms with Crippen LogP contribution in [0, 0.1) is 5.92 Å². The van der Waals surface area contributed by atoms with Gasteiger partial charge in [-0.3, -0.25) is 4.79 Å². The molecule has 0 radical (unpaired) electrons. The molecule has 1 aliphatic heterocycles. The van der Waals surface area contributed by atoms with Crippen molar-refractivity contribution in [2.75, 3.05) is 25.9 Å². The van der Waals surface area contributed by atoms with Gasteiger partial charge < -0.3 is 4.90 Å². The van der Waals surface area contributed by atoms with E-state index in [9.17, 15) is 13.2 Å². The van der Waals surface area contributed by atoms with Crippen molar-refractivity contribution in [3.63, 3.8) is 0 Å². The monoisotopic (exact) mass is 331 g/mol. The Morgan fingerprint density at radius 1 is 1.57 bits per heavy atom. The largest absolute Gasteiger partial charge is 0.338 e. The van der Waals surface area contributed by atoms with E-state index in [1.165, 1.54) is 6.20 Å². The van der Waals surface area contributed by atoms with Crippen LogP contribution in [0.5, 0.6) is 0 Å². The van der Waals surface area contributed by atoms with Crippen molar-refractivity contribution in [2.45, 2.75) is 12.8 Å². The number of nitrogens with one attached hydrogen (secondary N) is 1. The third-order valence-electron chi connectivity index (χ3n) is 3.41. The zero-order valence-electron chi connectivity index (χ0n) is 11.8. The highest BCUT2D eigenvalue weighted by Gasteiger charge is 2.25. The second kappa shape index (κ2) is 6.72. The van der Waals surface area contributed by atoms with Crippen LogP contribution in [-0.2, 0) is 10.0 Å². The van der Waals surface area contributed by atoms with Crippen LogP contribution in [0.15, 0.2) is 18.3 Å². The molecule has 116 valence electrons. The van der Waals surface area contributed by atoms with E-state index in [1.54, 1.807) is 17.0 Å². The van der Waals surface area contributed by atoms with Gasteiger partial charge in [0.1, 0.15) is 5.15 Å². The summed E-state index contributed by atoms with van der Waals surface area (Å²) < 4.78 is 24.8. The lowest BCUT2D eigenvalue weighted by molar-refractivity contribution is 0.0676. The summed E-state index contributed by atoms with van der Waals surface area (Å²) in [5, 5.41) is 0.285. The van der Waals surface area contributed by atoms with Crippen molar-refractivity contribution in [2.24, 2.45) is 5.92 Å². The third-order valence-corrected chi connectivity index (χ3v) is 4.31. The van der Waals surface area contributed by atoms with E-state index >= 15 is 0 Å². The van der Waals surface area contributed by atoms with Gasteiger partial charge in [0.25, 0.3) is 5.91 Å². The Balaban J connectivity index is 1.99. The number of aromatic nitrogens is 1. The van der Waals surface area contributed by atoms with Crippen molar-refractivity contribution in [1.82, 2.24) is 14.6 Å². The highest BCUT2D eigenvalue weighted by Crippen LogP contribution is 2.19. The number of amides is 1. The number of piperidine rings is 1. The minimum absolute atomic E-state index is 0.0941. The summed E-state index contributed by atoms with van der Waals surface area (Å²) in [7, 11) is -3.20. The maximum Gasteiger partial charge on any atom is 0.254 e. The van der Waals surface area contributed by atoms with Gasteiger partial charge in [-0.15, -0.1) is 0 Å². The maximum atomic E-state index is 12.4. The molecule has 1 N–H and O–H groups in total. The van der Waals surface area contributed by atoms with Gasteiger partial charge in [-0.05, 0) is 30.9 Å². The predicted molar refractivity (Wildman–Crippen MR) is 80.7 cm³/mol. The summed E-state index contributed by atoms with van der Waals surface area (Å²) in [6.45, 7) is 1.58. The molecule has 0 bridgehead atoms. The minimum atomic E-state index is -3.20. The van der Waals surface area contributed by atoms with E-state index < -0.39 is 10.0 Å². The Morgan fingerprint density at radius 3 is 3.00 bits per heavy atom. The number of rotatable bonds is 4. The zero-order valence-corrected chi connectivity index (χ0v) is 13.3. The van der Waals surface area contributed by atoms with Gasteiger partial charge >= 0.3 is 0 Å². The van der Waals surface area contributed by atoms with E-state index in [0.29, 0.717) is 25.2 Å². The van der Waals surface area contributed by atoms with Crippen LogP contribution in [0.1, 0.15) is 23.2 Å². The molecule has 8 heteroatoms. The lowest BCUT2D eigenvalue weighted by Crippen LogP contribution is -2.43. The molecule has 0 spiro atoms. The highest BCUT2D eigenvalue weighted by atomic mass is 35.5. The van der Waals surface area contributed by atoms with Crippen molar-refractivity contribution >= 4 is 27.5 Å². The molecule has 1 fully saturated rings. The summed E-state index contributed by atoms with van der Waals surface area (Å²) in [5.74, 6) is 0.0399. The average molecular weight is 332 g/mol. The molecule has 2 rings (SSSR count). The van der Waals surface area contributed by atoms with Crippen LogP contribution < -0.4 is 4.72 Å². The fourth-order valence-electron chi connectivity index (χ4n) is 2.40. The molecule has 2 heterocycles. The van der Waals surface area contributed by atoms with E-state index in [4.69, 9.17) is 11.6 Å². The first kappa shape index (κ1) is 16.2. The molecule has 21 heavy (non-hydrogen) atoms. The fraction of sp³-hybridized carbons (Fsp3) is 0.538. The number of pyridine rings is 1. The Morgan fingerprint density at radius 2 is 2.33 bits per heavy atom. The molecule has 1 aromatic heterocycles. The Hall–Kier alpha value is -1.18. The molecular formula is C13H18ClN3O3S. The molecular weight excluding hydrogens is 314 g/mol. The quantitative estimate of drug-likeness (QED) is 0.839. The maximum absolute atomic E-state index is 12.4. The first-order chi connectivity index (χ1) is 9.85. The minimum Gasteiger partial charge on any atom is -0.338 e. The van der Waals surface area contributed by atoms with Gasteiger partial charge in [0.05, 0.1) is 6.26 Å². The number of likely N-dealkylation sites (tertiary alicyclic amines) is 1. The summed E-state index contributed by atoms with van der Waals surface area (Å²) in [4.78, 5) is 18.0. The van der Waals surface area contributed by atoms with Gasteiger partial charge in [-0.1, -0.05) is 11.6 Å². The first-order valence-corrected chi connectivity index (χ1v) is 8.97. The van der Waals surface area contributed by atoms with Crippen molar-refractivity contribution in [1.29, 1.82) is 0 Å². The number of carbonyl (C=O) groups excluding carboxylic acids is 1. The lowest BCUT2D eigenvalue weighted by Gasteiger charge is -2.32. The van der Waals surface area contributed by atoms with Crippen LogP contribution in [-0.4, -0.2) is 50.1 Å². The summed E-state index contributed by atoms with van der Waals surface area (Å²) in [6, 6.07) is 3.18. The van der Waals surface area contributed by atoms with Gasteiger partial charge in [0.15, 0.2) is 0 Å². The zero-order chi connectivity index (χ0) is 15.5. The van der Waals surface area contributed by atoms with E-state index in [1.807, 2.05) is 0 Å². The molecule has 0 aliphatic carbocycles. The van der Waals surface area contributed by atoms with E-state index in [2.05, 4.69) is 9.71 Å². The SMILES string of the molecule is CS(=O)(=O)NC[C@H]1CCCN(C(=O)c2ccnc(Cl)c2)C1. The van der Waals surface area contributed by atoms with Gasteiger partial charge in [0.2, 0.25) is 10.0 Å². The molecule has 1 atom stereocenters. The molecule has 1 aliphatic rings. The second-order valence-corrected chi connectivity index (χ2v) is 7.47. The van der Waals surface area contributed by atoms with E-state index in [-0.39, 0.29) is 17.0 Å². The van der Waals surface area contributed by atoms with Gasteiger partial charge in [0, 0.05) is 31.4 Å². The number of sulfonamides is 1. The van der Waals surface area contributed by atoms with Gasteiger partial charge in [-0.25, -0.2) is 18.1 Å². The Labute approximate surface area is 129 Å². The first-order valence-electron chi connectivity index (χ1n) is 6.70. The number of hydrogen-bond donors (Lipinski definition) is 1. The normalized spacial score (nSPS) is 19.5. The number of nitrogens with zero attached hydrogens (tertiary/aromatic N) is 2. The molecule has 6 nitrogen and oxygen atoms in total. The summed E-state index contributed by atoms with van der Waals surface area (Å²) in [5.41, 5.74) is 0.506. The lowest BCUT2D eigenvalue weighted by atomic mass is 9.98. The number of hydrogen-bond acceptors (Lipinski definition) is 4. The standard InChI is InChI=1S/C13H18ClN3O3S/c1-21(19,20)16-8-10-3-2-6-17(9-10)13(18)11-4-5-15-12(14)7-11/h4-5,7,10,16H,2-3,6,8-9H2,1H3/t10-/m1/s1. The highest BCUT2D eigenvalue weighted by molar-refractivity contribution is 7.88. The van der Waals surface area contributed by atoms with Crippen molar-refractivity contribution < 1.29 is 13.2 Å². The molecule has 0 aromatic carbocycles. The van der Waals surface area contributed by atoms with E-state index in [0.717, 1.165) is 19.1 Å². The molecule has 0 saturated carbocycles. The smallest absolute Gasteiger partial charge is 0.254 e. The Kier molecular flexibility index (Phi) is 5.18. The van der Waals surface area contributed by atoms with Crippen LogP contribution in [0.4, 0.5) is 0 Å². The van der Waals surface area contributed by atoms with Gasteiger partial charge in [-0.2, -0.15) is 0 Å². The molecule has 1 aromatic rings.